The van der Waals surface area contributed by atoms with E-state index >= 15 is 0 Å². The Hall–Kier alpha value is -0.870. The molecule has 0 unspecified atom stereocenters. The van der Waals surface area contributed by atoms with Crippen LogP contribution in [-0.2, 0) is 26.6 Å². The van der Waals surface area contributed by atoms with Crippen molar-refractivity contribution in [2.45, 2.75) is 19.5 Å². The van der Waals surface area contributed by atoms with Crippen molar-refractivity contribution in [2.75, 3.05) is 20.6 Å². The highest BCUT2D eigenvalue weighted by molar-refractivity contribution is 5.29. The minimum absolute atomic E-state index is 0.973. The number of fused-ring (bicyclic) bond motifs is 1. The lowest BCUT2D eigenvalue weighted by atomic mass is 10.1. The molecule has 0 spiro atoms. The Bertz CT molecular complexity index is 327. The van der Waals surface area contributed by atoms with E-state index in [1.807, 2.05) is 11.7 Å². The lowest BCUT2D eigenvalue weighted by Crippen LogP contribution is -2.16. The van der Waals surface area contributed by atoms with E-state index in [0.717, 1.165) is 26.1 Å². The average Bonchev–Trinajstić information content (AvgIpc) is 2.67. The van der Waals surface area contributed by atoms with E-state index in [1.165, 1.54) is 17.0 Å². The molecule has 0 amide bonds. The molecule has 78 valence electrons. The molecule has 1 N–H and O–H groups in total. The molecule has 4 heteroatoms. The van der Waals surface area contributed by atoms with E-state index in [4.69, 9.17) is 0 Å². The van der Waals surface area contributed by atoms with Crippen LogP contribution in [0.25, 0.3) is 0 Å². The SMILES string of the molecule is CN(C)CCc1nn(C)c2c1CNC2. The predicted molar refractivity (Wildman–Crippen MR) is 56.0 cm³/mol. The van der Waals surface area contributed by atoms with Gasteiger partial charge in [0.2, 0.25) is 0 Å². The van der Waals surface area contributed by atoms with Crippen LogP contribution in [0.1, 0.15) is 17.0 Å². The smallest absolute Gasteiger partial charge is 0.0685 e. The average molecular weight is 194 g/mol. The van der Waals surface area contributed by atoms with Crippen molar-refractivity contribution in [1.82, 2.24) is 20.0 Å². The molecule has 0 saturated carbocycles. The van der Waals surface area contributed by atoms with Gasteiger partial charge in [-0.15, -0.1) is 0 Å². The molecule has 1 aromatic rings. The zero-order valence-electron chi connectivity index (χ0n) is 9.17. The first-order valence-corrected chi connectivity index (χ1v) is 5.07. The summed E-state index contributed by atoms with van der Waals surface area (Å²) in [5.74, 6) is 0. The van der Waals surface area contributed by atoms with Gasteiger partial charge in [-0.3, -0.25) is 4.68 Å². The second-order valence-corrected chi connectivity index (χ2v) is 4.15. The van der Waals surface area contributed by atoms with Crippen LogP contribution in [0.4, 0.5) is 0 Å². The van der Waals surface area contributed by atoms with Gasteiger partial charge < -0.3 is 10.2 Å². The molecule has 0 bridgehead atoms. The summed E-state index contributed by atoms with van der Waals surface area (Å²) in [5.41, 5.74) is 4.05. The number of rotatable bonds is 3. The molecule has 0 aliphatic carbocycles. The van der Waals surface area contributed by atoms with Crippen LogP contribution in [-0.4, -0.2) is 35.3 Å². The summed E-state index contributed by atoms with van der Waals surface area (Å²) in [6, 6.07) is 0. The summed E-state index contributed by atoms with van der Waals surface area (Å²) in [6.45, 7) is 3.04. The molecular formula is C10H18N4. The maximum absolute atomic E-state index is 4.55. The summed E-state index contributed by atoms with van der Waals surface area (Å²) >= 11 is 0. The Morgan fingerprint density at radius 3 is 2.93 bits per heavy atom. The highest BCUT2D eigenvalue weighted by atomic mass is 15.3. The molecule has 2 heterocycles. The van der Waals surface area contributed by atoms with E-state index in [-0.39, 0.29) is 0 Å². The first-order chi connectivity index (χ1) is 6.68. The van der Waals surface area contributed by atoms with Gasteiger partial charge in [-0.2, -0.15) is 5.10 Å². The lowest BCUT2D eigenvalue weighted by Gasteiger charge is -2.07. The highest BCUT2D eigenvalue weighted by Gasteiger charge is 2.19. The van der Waals surface area contributed by atoms with E-state index in [2.05, 4.69) is 29.4 Å². The van der Waals surface area contributed by atoms with Crippen molar-refractivity contribution < 1.29 is 0 Å². The van der Waals surface area contributed by atoms with Gasteiger partial charge in [-0.25, -0.2) is 0 Å². The van der Waals surface area contributed by atoms with Crippen molar-refractivity contribution >= 4 is 0 Å². The van der Waals surface area contributed by atoms with Gasteiger partial charge in [-0.1, -0.05) is 0 Å². The number of hydrogen-bond donors (Lipinski definition) is 1. The van der Waals surface area contributed by atoms with Crippen LogP contribution in [0.15, 0.2) is 0 Å². The number of likely N-dealkylation sites (N-methyl/N-ethyl adjacent to an activating group) is 1. The van der Waals surface area contributed by atoms with Crippen molar-refractivity contribution in [3.63, 3.8) is 0 Å². The zero-order valence-corrected chi connectivity index (χ0v) is 9.17. The van der Waals surface area contributed by atoms with Crippen molar-refractivity contribution in [1.29, 1.82) is 0 Å². The minimum Gasteiger partial charge on any atom is -0.309 e. The maximum Gasteiger partial charge on any atom is 0.0685 e. The number of nitrogens with zero attached hydrogens (tertiary/aromatic N) is 3. The third-order valence-electron chi connectivity index (χ3n) is 2.75. The van der Waals surface area contributed by atoms with E-state index in [1.54, 1.807) is 0 Å². The number of aryl methyl sites for hydroxylation is 1. The normalized spacial score (nSPS) is 15.1. The van der Waals surface area contributed by atoms with Gasteiger partial charge in [0.25, 0.3) is 0 Å². The molecule has 0 radical (unpaired) electrons. The monoisotopic (exact) mass is 194 g/mol. The molecule has 1 aliphatic rings. The Kier molecular flexibility index (Phi) is 2.56. The van der Waals surface area contributed by atoms with Gasteiger partial charge in [-0.05, 0) is 14.1 Å². The Labute approximate surface area is 84.9 Å². The summed E-state index contributed by atoms with van der Waals surface area (Å²) in [5, 5.41) is 7.92. The summed E-state index contributed by atoms with van der Waals surface area (Å²) in [6.07, 6.45) is 1.05. The van der Waals surface area contributed by atoms with Gasteiger partial charge in [0.1, 0.15) is 0 Å². The van der Waals surface area contributed by atoms with Crippen LogP contribution in [0.2, 0.25) is 0 Å². The highest BCUT2D eigenvalue weighted by Crippen LogP contribution is 2.19. The molecule has 2 rings (SSSR count). The summed E-state index contributed by atoms with van der Waals surface area (Å²) in [4.78, 5) is 2.20. The molecule has 14 heavy (non-hydrogen) atoms. The zero-order chi connectivity index (χ0) is 10.1. The second kappa shape index (κ2) is 3.71. The Morgan fingerprint density at radius 2 is 2.21 bits per heavy atom. The predicted octanol–water partition coefficient (Wildman–Crippen LogP) is 0.127. The van der Waals surface area contributed by atoms with Crippen LogP contribution in [0.5, 0.6) is 0 Å². The molecular weight excluding hydrogens is 176 g/mol. The van der Waals surface area contributed by atoms with Crippen molar-refractivity contribution in [2.24, 2.45) is 7.05 Å². The number of nitrogens with one attached hydrogen (secondary N) is 1. The van der Waals surface area contributed by atoms with E-state index < -0.39 is 0 Å². The third-order valence-corrected chi connectivity index (χ3v) is 2.75. The molecule has 0 atom stereocenters. The maximum atomic E-state index is 4.55. The van der Waals surface area contributed by atoms with Crippen LogP contribution in [0.3, 0.4) is 0 Å². The molecule has 4 nitrogen and oxygen atoms in total. The van der Waals surface area contributed by atoms with Crippen molar-refractivity contribution in [3.05, 3.63) is 17.0 Å². The lowest BCUT2D eigenvalue weighted by molar-refractivity contribution is 0.410. The van der Waals surface area contributed by atoms with Gasteiger partial charge in [0.05, 0.1) is 11.4 Å². The Balaban J connectivity index is 2.14. The summed E-state index contributed by atoms with van der Waals surface area (Å²) < 4.78 is 2.01. The van der Waals surface area contributed by atoms with Gasteiger partial charge in [0, 0.05) is 38.7 Å². The fourth-order valence-corrected chi connectivity index (χ4v) is 1.93. The fraction of sp³-hybridized carbons (Fsp3) is 0.700. The molecule has 1 aliphatic heterocycles. The molecule has 0 saturated heterocycles. The minimum atomic E-state index is 0.973. The topological polar surface area (TPSA) is 33.1 Å². The molecule has 0 fully saturated rings. The van der Waals surface area contributed by atoms with Crippen LogP contribution >= 0.6 is 0 Å². The first-order valence-electron chi connectivity index (χ1n) is 5.07. The second-order valence-electron chi connectivity index (χ2n) is 4.15. The fourth-order valence-electron chi connectivity index (χ4n) is 1.93. The molecule has 1 aromatic heterocycles. The third kappa shape index (κ3) is 1.67. The Morgan fingerprint density at radius 1 is 1.43 bits per heavy atom. The van der Waals surface area contributed by atoms with Crippen LogP contribution < -0.4 is 5.32 Å². The summed E-state index contributed by atoms with van der Waals surface area (Å²) in [7, 11) is 6.23. The van der Waals surface area contributed by atoms with Crippen molar-refractivity contribution in [3.8, 4) is 0 Å². The van der Waals surface area contributed by atoms with E-state index in [9.17, 15) is 0 Å². The largest absolute Gasteiger partial charge is 0.309 e. The molecule has 0 aromatic carbocycles. The number of hydrogen-bond acceptors (Lipinski definition) is 3. The number of aromatic nitrogens is 2. The van der Waals surface area contributed by atoms with Gasteiger partial charge in [0.15, 0.2) is 0 Å². The first kappa shape index (κ1) is 9.68. The van der Waals surface area contributed by atoms with E-state index in [0.29, 0.717) is 0 Å². The van der Waals surface area contributed by atoms with Crippen LogP contribution in [0, 0.1) is 0 Å². The quantitative estimate of drug-likeness (QED) is 0.742. The van der Waals surface area contributed by atoms with Gasteiger partial charge >= 0.3 is 0 Å². The standard InChI is InChI=1S/C10H18N4/c1-13(2)5-4-9-8-6-11-7-10(8)14(3)12-9/h11H,4-7H2,1-3H3.